The summed E-state index contributed by atoms with van der Waals surface area (Å²) in [6.45, 7) is 3.68. The van der Waals surface area contributed by atoms with Crippen molar-refractivity contribution in [1.29, 1.82) is 0 Å². The van der Waals surface area contributed by atoms with E-state index in [1.54, 1.807) is 0 Å². The lowest BCUT2D eigenvalue weighted by Gasteiger charge is -2.08. The van der Waals surface area contributed by atoms with Gasteiger partial charge >= 0.3 is 5.97 Å². The Morgan fingerprint density at radius 3 is 2.88 bits per heavy atom. The van der Waals surface area contributed by atoms with Crippen LogP contribution in [0.1, 0.15) is 38.2 Å². The number of allylic oxidation sites excluding steroid dienone is 1. The minimum atomic E-state index is -0.196. The lowest BCUT2D eigenvalue weighted by Crippen LogP contribution is -2.18. The van der Waals surface area contributed by atoms with Crippen LogP contribution < -0.4 is 14.8 Å². The molecule has 0 saturated heterocycles. The van der Waals surface area contributed by atoms with E-state index in [-0.39, 0.29) is 12.1 Å². The molecule has 1 aromatic carbocycles. The standard InChI is InChI=1S/C19H24BrNO4/c1-13(22)25-16-5-4-14(9-16)3-2-7-21-8-6-15-10-18-19(11-17(15)20)24-12-23-18/h9-11,16,21H,2-8,12H2,1H3. The number of carbonyl (C=O) groups is 1. The van der Waals surface area contributed by atoms with Crippen molar-refractivity contribution in [2.24, 2.45) is 0 Å². The van der Waals surface area contributed by atoms with Gasteiger partial charge in [0.1, 0.15) is 6.10 Å². The first-order valence-corrected chi connectivity index (χ1v) is 9.56. The Morgan fingerprint density at radius 1 is 1.28 bits per heavy atom. The summed E-state index contributed by atoms with van der Waals surface area (Å²) >= 11 is 3.59. The second-order valence-electron chi connectivity index (χ2n) is 6.41. The molecule has 0 spiro atoms. The van der Waals surface area contributed by atoms with Crippen molar-refractivity contribution in [2.75, 3.05) is 19.9 Å². The van der Waals surface area contributed by atoms with E-state index in [2.05, 4.69) is 27.3 Å². The number of fused-ring (bicyclic) bond motifs is 1. The van der Waals surface area contributed by atoms with Gasteiger partial charge in [-0.2, -0.15) is 0 Å². The van der Waals surface area contributed by atoms with Crippen LogP contribution in [0, 0.1) is 0 Å². The van der Waals surface area contributed by atoms with Crippen LogP contribution >= 0.6 is 15.9 Å². The van der Waals surface area contributed by atoms with E-state index in [0.29, 0.717) is 6.79 Å². The predicted octanol–water partition coefficient (Wildman–Crippen LogP) is 3.74. The molecule has 5 nitrogen and oxygen atoms in total. The third kappa shape index (κ3) is 5.22. The largest absolute Gasteiger partial charge is 0.458 e. The lowest BCUT2D eigenvalue weighted by atomic mass is 10.1. The summed E-state index contributed by atoms with van der Waals surface area (Å²) < 4.78 is 17.1. The van der Waals surface area contributed by atoms with Crippen molar-refractivity contribution in [3.8, 4) is 11.5 Å². The van der Waals surface area contributed by atoms with Crippen LogP contribution in [0.15, 0.2) is 28.3 Å². The zero-order valence-electron chi connectivity index (χ0n) is 14.5. The number of esters is 1. The van der Waals surface area contributed by atoms with Crippen LogP contribution in [-0.2, 0) is 16.0 Å². The maximum absolute atomic E-state index is 11.0. The van der Waals surface area contributed by atoms with E-state index >= 15 is 0 Å². The highest BCUT2D eigenvalue weighted by Gasteiger charge is 2.18. The van der Waals surface area contributed by atoms with Gasteiger partial charge in [-0.25, -0.2) is 0 Å². The number of nitrogens with one attached hydrogen (secondary N) is 1. The third-order valence-corrected chi connectivity index (χ3v) is 5.19. The first-order valence-electron chi connectivity index (χ1n) is 8.77. The van der Waals surface area contributed by atoms with Gasteiger partial charge in [-0.15, -0.1) is 0 Å². The van der Waals surface area contributed by atoms with Crippen molar-refractivity contribution >= 4 is 21.9 Å². The summed E-state index contributed by atoms with van der Waals surface area (Å²) in [4.78, 5) is 11.0. The monoisotopic (exact) mass is 409 g/mol. The van der Waals surface area contributed by atoms with Gasteiger partial charge in [0.15, 0.2) is 11.5 Å². The van der Waals surface area contributed by atoms with Crippen molar-refractivity contribution in [2.45, 2.75) is 45.1 Å². The molecule has 0 saturated carbocycles. The highest BCUT2D eigenvalue weighted by atomic mass is 79.9. The fraction of sp³-hybridized carbons (Fsp3) is 0.526. The van der Waals surface area contributed by atoms with Gasteiger partial charge in [0.25, 0.3) is 0 Å². The summed E-state index contributed by atoms with van der Waals surface area (Å²) in [5.41, 5.74) is 2.63. The van der Waals surface area contributed by atoms with Crippen LogP contribution in [0.5, 0.6) is 11.5 Å². The van der Waals surface area contributed by atoms with E-state index in [9.17, 15) is 4.79 Å². The maximum atomic E-state index is 11.0. The molecule has 0 radical (unpaired) electrons. The summed E-state index contributed by atoms with van der Waals surface area (Å²) in [5, 5.41) is 3.49. The Labute approximate surface area is 156 Å². The van der Waals surface area contributed by atoms with E-state index in [1.807, 2.05) is 12.1 Å². The lowest BCUT2D eigenvalue weighted by molar-refractivity contribution is -0.144. The van der Waals surface area contributed by atoms with E-state index in [0.717, 1.165) is 61.2 Å². The predicted molar refractivity (Wildman–Crippen MR) is 98.9 cm³/mol. The Morgan fingerprint density at radius 2 is 2.08 bits per heavy atom. The molecule has 3 rings (SSSR count). The van der Waals surface area contributed by atoms with Crippen LogP contribution in [0.2, 0.25) is 0 Å². The van der Waals surface area contributed by atoms with E-state index in [1.165, 1.54) is 18.1 Å². The summed E-state index contributed by atoms with van der Waals surface area (Å²) in [6.07, 6.45) is 7.19. The molecule has 0 fully saturated rings. The van der Waals surface area contributed by atoms with Gasteiger partial charge in [0.2, 0.25) is 6.79 Å². The topological polar surface area (TPSA) is 56.8 Å². The van der Waals surface area contributed by atoms with Crippen LogP contribution in [-0.4, -0.2) is 32.0 Å². The van der Waals surface area contributed by atoms with Crippen molar-refractivity contribution < 1.29 is 19.0 Å². The van der Waals surface area contributed by atoms with Crippen LogP contribution in [0.25, 0.3) is 0 Å². The van der Waals surface area contributed by atoms with Crippen LogP contribution in [0.4, 0.5) is 0 Å². The van der Waals surface area contributed by atoms with Gasteiger partial charge in [-0.05, 0) is 69.0 Å². The molecule has 2 aliphatic rings. The minimum Gasteiger partial charge on any atom is -0.458 e. The van der Waals surface area contributed by atoms with Gasteiger partial charge < -0.3 is 19.5 Å². The molecule has 136 valence electrons. The molecule has 1 aliphatic heterocycles. The van der Waals surface area contributed by atoms with E-state index < -0.39 is 0 Å². The molecule has 0 aromatic heterocycles. The van der Waals surface area contributed by atoms with E-state index in [4.69, 9.17) is 14.2 Å². The van der Waals surface area contributed by atoms with Crippen molar-refractivity contribution in [3.05, 3.63) is 33.8 Å². The zero-order valence-corrected chi connectivity index (χ0v) is 16.1. The summed E-state index contributed by atoms with van der Waals surface area (Å²) in [6, 6.07) is 4.02. The number of benzene rings is 1. The zero-order chi connectivity index (χ0) is 17.6. The smallest absolute Gasteiger partial charge is 0.303 e. The molecule has 1 heterocycles. The van der Waals surface area contributed by atoms with Crippen molar-refractivity contribution in [1.82, 2.24) is 5.32 Å². The van der Waals surface area contributed by atoms with Crippen LogP contribution in [0.3, 0.4) is 0 Å². The molecule has 1 aliphatic carbocycles. The van der Waals surface area contributed by atoms with Gasteiger partial charge in [0.05, 0.1) is 0 Å². The molecule has 1 atom stereocenters. The Hall–Kier alpha value is -1.53. The number of ether oxygens (including phenoxy) is 3. The highest BCUT2D eigenvalue weighted by Crippen LogP contribution is 2.37. The fourth-order valence-corrected chi connectivity index (χ4v) is 3.73. The molecular formula is C19H24BrNO4. The average molecular weight is 410 g/mol. The van der Waals surface area contributed by atoms with Gasteiger partial charge in [-0.3, -0.25) is 4.79 Å². The molecule has 1 aromatic rings. The molecule has 25 heavy (non-hydrogen) atoms. The molecule has 1 unspecified atom stereocenters. The fourth-order valence-electron chi connectivity index (χ4n) is 3.21. The Kier molecular flexibility index (Phi) is 6.37. The molecule has 0 amide bonds. The second kappa shape index (κ2) is 8.72. The summed E-state index contributed by atoms with van der Waals surface area (Å²) in [7, 11) is 0. The van der Waals surface area contributed by atoms with Gasteiger partial charge in [0, 0.05) is 11.4 Å². The minimum absolute atomic E-state index is 0.0104. The first kappa shape index (κ1) is 18.3. The average Bonchev–Trinajstić information content (AvgIpc) is 3.19. The number of halogens is 1. The van der Waals surface area contributed by atoms with Crippen molar-refractivity contribution in [3.63, 3.8) is 0 Å². The Bertz CT molecular complexity index is 659. The highest BCUT2D eigenvalue weighted by molar-refractivity contribution is 9.10. The SMILES string of the molecule is CC(=O)OC1C=C(CCCNCCc2cc3c(cc2Br)OCO3)CC1. The molecular weight excluding hydrogens is 386 g/mol. The number of carbonyl (C=O) groups excluding carboxylic acids is 1. The quantitative estimate of drug-likeness (QED) is 0.402. The third-order valence-electron chi connectivity index (χ3n) is 4.45. The molecule has 1 N–H and O–H groups in total. The van der Waals surface area contributed by atoms with Gasteiger partial charge in [-0.1, -0.05) is 21.5 Å². The molecule has 6 heteroatoms. The number of hydrogen-bond acceptors (Lipinski definition) is 5. The number of hydrogen-bond donors (Lipinski definition) is 1. The number of rotatable bonds is 8. The normalized spacial score (nSPS) is 18.3. The Balaban J connectivity index is 1.33. The maximum Gasteiger partial charge on any atom is 0.303 e. The first-order chi connectivity index (χ1) is 12.1. The molecule has 0 bridgehead atoms. The second-order valence-corrected chi connectivity index (χ2v) is 7.27. The summed E-state index contributed by atoms with van der Waals surface area (Å²) in [5.74, 6) is 1.44.